The second-order valence-corrected chi connectivity index (χ2v) is 9.83. The maximum atomic E-state index is 13.4. The van der Waals surface area contributed by atoms with E-state index in [9.17, 15) is 18.0 Å². The molecule has 0 atom stereocenters. The average Bonchev–Trinajstić information content (AvgIpc) is 3.39. The summed E-state index contributed by atoms with van der Waals surface area (Å²) in [6.07, 6.45) is 1.75. The normalized spacial score (nSPS) is 15.8. The van der Waals surface area contributed by atoms with E-state index in [2.05, 4.69) is 20.0 Å². The van der Waals surface area contributed by atoms with Crippen molar-refractivity contribution >= 4 is 33.0 Å². The first-order valence-corrected chi connectivity index (χ1v) is 11.2. The van der Waals surface area contributed by atoms with Crippen LogP contribution < -0.4 is 11.1 Å². The monoisotopic (exact) mass is 447 g/mol. The van der Waals surface area contributed by atoms with Crippen molar-refractivity contribution in [2.24, 2.45) is 0 Å². The molecule has 0 aliphatic heterocycles. The van der Waals surface area contributed by atoms with E-state index >= 15 is 0 Å². The molecule has 1 aliphatic carbocycles. The zero-order valence-corrected chi connectivity index (χ0v) is 17.3. The highest BCUT2D eigenvalue weighted by atomic mass is 35.5. The van der Waals surface area contributed by atoms with Gasteiger partial charge in [0.15, 0.2) is 20.4 Å². The number of anilines is 1. The number of nitrogens with one attached hydrogen (secondary N) is 2. The number of sulfone groups is 1. The number of H-pyrrole nitrogens is 1. The molecule has 1 fully saturated rings. The minimum atomic E-state index is -3.94. The van der Waals surface area contributed by atoms with Crippen LogP contribution >= 0.6 is 11.6 Å². The van der Waals surface area contributed by atoms with Gasteiger partial charge in [0.1, 0.15) is 0 Å². The average molecular weight is 448 g/mol. The molecule has 1 amide bonds. The Hall–Kier alpha value is -2.91. The van der Waals surface area contributed by atoms with Gasteiger partial charge in [0.2, 0.25) is 5.91 Å². The maximum Gasteiger partial charge on any atom is 0.439 e. The number of nitrogens with zero attached hydrogens (tertiary/aromatic N) is 1. The van der Waals surface area contributed by atoms with Gasteiger partial charge < -0.3 is 5.32 Å². The first-order chi connectivity index (χ1) is 14.3. The Bertz CT molecular complexity index is 1240. The topological polar surface area (TPSA) is 122 Å². The van der Waals surface area contributed by atoms with E-state index in [1.807, 2.05) is 0 Å². The van der Waals surface area contributed by atoms with Crippen molar-refractivity contribution in [2.75, 3.05) is 5.32 Å². The predicted molar refractivity (Wildman–Crippen MR) is 111 cm³/mol. The molecule has 0 bridgehead atoms. The molecule has 0 radical (unpaired) electrons. The van der Waals surface area contributed by atoms with Gasteiger partial charge in [-0.1, -0.05) is 41.7 Å². The van der Waals surface area contributed by atoms with Gasteiger partial charge in [0, 0.05) is 16.3 Å². The lowest BCUT2D eigenvalue weighted by molar-refractivity contribution is -0.118. The van der Waals surface area contributed by atoms with Crippen LogP contribution in [0.3, 0.4) is 0 Å². The van der Waals surface area contributed by atoms with Gasteiger partial charge in [0.05, 0.1) is 4.90 Å². The first kappa shape index (κ1) is 20.4. The Morgan fingerprint density at radius 1 is 1.13 bits per heavy atom. The van der Waals surface area contributed by atoms with Gasteiger partial charge in [-0.2, -0.15) is 0 Å². The number of amides is 1. The number of carbonyl (C=O) groups excluding carboxylic acids is 1. The van der Waals surface area contributed by atoms with E-state index in [0.29, 0.717) is 29.1 Å². The van der Waals surface area contributed by atoms with Gasteiger partial charge in [0.25, 0.3) is 0 Å². The second-order valence-electron chi connectivity index (χ2n) is 7.14. The Morgan fingerprint density at radius 2 is 1.83 bits per heavy atom. The van der Waals surface area contributed by atoms with Gasteiger partial charge in [-0.05, 0) is 49.2 Å². The maximum absolute atomic E-state index is 13.4. The lowest BCUT2D eigenvalue weighted by atomic mass is 10.1. The molecule has 1 aliphatic rings. The number of halogens is 1. The summed E-state index contributed by atoms with van der Waals surface area (Å²) in [7, 11) is -3.94. The van der Waals surface area contributed by atoms with Gasteiger partial charge in [-0.25, -0.2) is 13.2 Å². The summed E-state index contributed by atoms with van der Waals surface area (Å²) in [5, 5.41) is 6.77. The highest BCUT2D eigenvalue weighted by Gasteiger charge is 2.52. The van der Waals surface area contributed by atoms with Gasteiger partial charge in [-0.15, -0.1) is 0 Å². The quantitative estimate of drug-likeness (QED) is 0.618. The Kier molecular flexibility index (Phi) is 5.25. The van der Waals surface area contributed by atoms with E-state index < -0.39 is 26.2 Å². The predicted octanol–water partition coefficient (Wildman–Crippen LogP) is 3.41. The molecular weight excluding hydrogens is 430 g/mol. The van der Waals surface area contributed by atoms with E-state index in [4.69, 9.17) is 11.6 Å². The number of rotatable bonds is 5. The number of hydrogen-bond donors (Lipinski definition) is 2. The molecule has 0 unspecified atom stereocenters. The first-order valence-electron chi connectivity index (χ1n) is 9.30. The van der Waals surface area contributed by atoms with E-state index in [1.54, 1.807) is 24.3 Å². The summed E-state index contributed by atoms with van der Waals surface area (Å²) in [6.45, 7) is 0. The van der Waals surface area contributed by atoms with Crippen LogP contribution in [0, 0.1) is 0 Å². The standard InChI is InChI=1S/C20H18ClN3O5S/c21-14-6-8-16(9-7-14)30(27,28)20(10-1-2-11-20)18(25)22-15-5-3-4-13(12-15)17-23-19(26)29-24-17/h3-9,12H,1-2,10-11H2,(H,22,25)(H,23,24,26). The Morgan fingerprint density at radius 3 is 2.47 bits per heavy atom. The fourth-order valence-corrected chi connectivity index (χ4v) is 5.94. The van der Waals surface area contributed by atoms with E-state index in [0.717, 1.165) is 0 Å². The van der Waals surface area contributed by atoms with Crippen LogP contribution in [-0.4, -0.2) is 29.2 Å². The minimum Gasteiger partial charge on any atom is -0.325 e. The molecule has 2 N–H and O–H groups in total. The van der Waals surface area contributed by atoms with Crippen LogP contribution in [0.1, 0.15) is 25.7 Å². The molecule has 30 heavy (non-hydrogen) atoms. The molecule has 1 aromatic heterocycles. The van der Waals surface area contributed by atoms with E-state index in [-0.39, 0.29) is 23.6 Å². The van der Waals surface area contributed by atoms with E-state index in [1.165, 1.54) is 24.3 Å². The number of carbonyl (C=O) groups is 1. The molecule has 0 spiro atoms. The summed E-state index contributed by atoms with van der Waals surface area (Å²) in [4.78, 5) is 26.9. The number of hydrogen-bond acceptors (Lipinski definition) is 6. The summed E-state index contributed by atoms with van der Waals surface area (Å²) in [5.74, 6) is -1.07. The Balaban J connectivity index is 1.66. The SMILES string of the molecule is O=C(Nc1cccc(-c2noc(=O)[nH]2)c1)C1(S(=O)(=O)c2ccc(Cl)cc2)CCCC1. The lowest BCUT2D eigenvalue weighted by Crippen LogP contribution is -2.47. The smallest absolute Gasteiger partial charge is 0.325 e. The number of aromatic amines is 1. The van der Waals surface area contributed by atoms with Crippen LogP contribution in [0.25, 0.3) is 11.4 Å². The Labute approximate surface area is 177 Å². The number of aromatic nitrogens is 2. The highest BCUT2D eigenvalue weighted by molar-refractivity contribution is 7.93. The fraction of sp³-hybridized carbons (Fsp3) is 0.250. The molecule has 8 nitrogen and oxygen atoms in total. The largest absolute Gasteiger partial charge is 0.439 e. The van der Waals surface area contributed by atoms with Crippen LogP contribution in [0.4, 0.5) is 5.69 Å². The summed E-state index contributed by atoms with van der Waals surface area (Å²) in [6, 6.07) is 12.4. The molecule has 3 aromatic rings. The summed E-state index contributed by atoms with van der Waals surface area (Å²) < 4.78 is 29.8. The number of benzene rings is 2. The minimum absolute atomic E-state index is 0.0675. The zero-order valence-electron chi connectivity index (χ0n) is 15.7. The van der Waals surface area contributed by atoms with Crippen LogP contribution in [-0.2, 0) is 14.6 Å². The molecule has 1 heterocycles. The highest BCUT2D eigenvalue weighted by Crippen LogP contribution is 2.41. The van der Waals surface area contributed by atoms with Gasteiger partial charge in [-0.3, -0.25) is 14.3 Å². The van der Waals surface area contributed by atoms with Crippen molar-refractivity contribution in [2.45, 2.75) is 35.3 Å². The third-order valence-electron chi connectivity index (χ3n) is 5.30. The zero-order chi connectivity index (χ0) is 21.4. The fourth-order valence-electron chi connectivity index (χ4n) is 3.75. The molecule has 10 heteroatoms. The molecular formula is C20H18ClN3O5S. The molecule has 156 valence electrons. The van der Waals surface area contributed by atoms with Crippen molar-refractivity contribution in [1.29, 1.82) is 0 Å². The summed E-state index contributed by atoms with van der Waals surface area (Å²) in [5.41, 5.74) is 0.901. The van der Waals surface area contributed by atoms with Crippen molar-refractivity contribution in [3.05, 3.63) is 64.1 Å². The molecule has 2 aromatic carbocycles. The van der Waals surface area contributed by atoms with Crippen molar-refractivity contribution in [3.8, 4) is 11.4 Å². The van der Waals surface area contributed by atoms with Crippen molar-refractivity contribution in [3.63, 3.8) is 0 Å². The van der Waals surface area contributed by atoms with Crippen LogP contribution in [0.5, 0.6) is 0 Å². The van der Waals surface area contributed by atoms with Crippen LogP contribution in [0.2, 0.25) is 5.02 Å². The second kappa shape index (κ2) is 7.73. The van der Waals surface area contributed by atoms with Crippen LogP contribution in [0.15, 0.2) is 62.7 Å². The third kappa shape index (κ3) is 3.54. The lowest BCUT2D eigenvalue weighted by Gasteiger charge is -2.27. The molecule has 4 rings (SSSR count). The van der Waals surface area contributed by atoms with Crippen molar-refractivity contribution in [1.82, 2.24) is 10.1 Å². The molecule has 1 saturated carbocycles. The summed E-state index contributed by atoms with van der Waals surface area (Å²) >= 11 is 5.88. The van der Waals surface area contributed by atoms with Gasteiger partial charge >= 0.3 is 5.76 Å². The molecule has 0 saturated heterocycles. The van der Waals surface area contributed by atoms with Crippen molar-refractivity contribution < 1.29 is 17.7 Å². The third-order valence-corrected chi connectivity index (χ3v) is 8.06.